The maximum absolute atomic E-state index is 13.6. The lowest BCUT2D eigenvalue weighted by atomic mass is 9.84. The molecular formula is C32H30Cl2N4O3. The lowest BCUT2D eigenvalue weighted by Gasteiger charge is -2.38. The van der Waals surface area contributed by atoms with Crippen LogP contribution < -0.4 is 9.47 Å². The van der Waals surface area contributed by atoms with Crippen molar-refractivity contribution >= 4 is 34.9 Å². The van der Waals surface area contributed by atoms with Gasteiger partial charge in [0.05, 0.1) is 31.6 Å². The van der Waals surface area contributed by atoms with Gasteiger partial charge in [-0.3, -0.25) is 4.90 Å². The smallest absolute Gasteiger partial charge is 0.416 e. The molecular weight excluding hydrogens is 559 g/mol. The van der Waals surface area contributed by atoms with Gasteiger partial charge in [0.15, 0.2) is 0 Å². The fourth-order valence-electron chi connectivity index (χ4n) is 5.73. The van der Waals surface area contributed by atoms with Crippen molar-refractivity contribution in [2.75, 3.05) is 13.2 Å². The third kappa shape index (κ3) is 6.26. The van der Waals surface area contributed by atoms with E-state index in [1.54, 1.807) is 41.5 Å². The number of halogens is 2. The van der Waals surface area contributed by atoms with E-state index in [-0.39, 0.29) is 12.1 Å². The van der Waals surface area contributed by atoms with Gasteiger partial charge in [0, 0.05) is 23.0 Å². The third-order valence-electron chi connectivity index (χ3n) is 7.61. The van der Waals surface area contributed by atoms with Crippen molar-refractivity contribution in [3.8, 4) is 11.5 Å². The van der Waals surface area contributed by atoms with Crippen LogP contribution in [0.25, 0.3) is 5.57 Å². The molecule has 2 heterocycles. The van der Waals surface area contributed by atoms with Crippen LogP contribution in [0.3, 0.4) is 0 Å². The van der Waals surface area contributed by atoms with Crippen LogP contribution in [-0.4, -0.2) is 39.1 Å². The molecule has 0 N–H and O–H groups in total. The highest BCUT2D eigenvalue weighted by molar-refractivity contribution is 6.31. The summed E-state index contributed by atoms with van der Waals surface area (Å²) < 4.78 is 11.8. The summed E-state index contributed by atoms with van der Waals surface area (Å²) in [5, 5.41) is 9.56. The molecule has 6 rings (SSSR count). The van der Waals surface area contributed by atoms with Crippen molar-refractivity contribution in [3.05, 3.63) is 111 Å². The molecule has 0 spiro atoms. The van der Waals surface area contributed by atoms with Crippen molar-refractivity contribution in [2.45, 2.75) is 44.7 Å². The van der Waals surface area contributed by atoms with Gasteiger partial charge in [-0.1, -0.05) is 41.4 Å². The van der Waals surface area contributed by atoms with Gasteiger partial charge in [-0.15, -0.1) is 0 Å². The fourth-order valence-corrected chi connectivity index (χ4v) is 6.03. The normalized spacial score (nSPS) is 16.5. The number of carbonyl (C=O) groups is 1. The van der Waals surface area contributed by atoms with E-state index in [2.05, 4.69) is 34.5 Å². The lowest BCUT2D eigenvalue weighted by molar-refractivity contribution is 0.136. The second kappa shape index (κ2) is 12.4. The number of fused-ring (bicyclic) bond motifs is 2. The first kappa shape index (κ1) is 27.4. The first-order chi connectivity index (χ1) is 20.0. The molecule has 0 fully saturated rings. The first-order valence-corrected chi connectivity index (χ1v) is 14.6. The van der Waals surface area contributed by atoms with Crippen molar-refractivity contribution < 1.29 is 14.3 Å². The fraction of sp³-hybridized carbons (Fsp3) is 0.281. The molecule has 7 nitrogen and oxygen atoms in total. The topological polar surface area (TPSA) is 69.5 Å². The minimum atomic E-state index is -0.382. The average molecular weight is 590 g/mol. The van der Waals surface area contributed by atoms with Gasteiger partial charge in [0.2, 0.25) is 0 Å². The monoisotopic (exact) mass is 588 g/mol. The Morgan fingerprint density at radius 1 is 0.878 bits per heavy atom. The van der Waals surface area contributed by atoms with Gasteiger partial charge >= 0.3 is 6.09 Å². The molecule has 1 aliphatic heterocycles. The van der Waals surface area contributed by atoms with E-state index in [9.17, 15) is 4.79 Å². The van der Waals surface area contributed by atoms with Gasteiger partial charge in [0.25, 0.3) is 0 Å². The van der Waals surface area contributed by atoms with Crippen molar-refractivity contribution in [2.24, 2.45) is 0 Å². The molecule has 0 saturated carbocycles. The van der Waals surface area contributed by atoms with E-state index in [0.717, 1.165) is 48.4 Å². The summed E-state index contributed by atoms with van der Waals surface area (Å²) in [4.78, 5) is 17.1. The second-order valence-corrected chi connectivity index (χ2v) is 11.1. The minimum Gasteiger partial charge on any atom is -0.494 e. The molecule has 41 heavy (non-hydrogen) atoms. The summed E-state index contributed by atoms with van der Waals surface area (Å²) >= 11 is 12.5. The Kier molecular flexibility index (Phi) is 8.26. The number of hydrogen-bond donors (Lipinski definition) is 0. The molecule has 0 unspecified atom stereocenters. The van der Waals surface area contributed by atoms with E-state index in [1.165, 1.54) is 22.3 Å². The zero-order chi connectivity index (χ0) is 28.2. The van der Waals surface area contributed by atoms with Gasteiger partial charge in [0.1, 0.15) is 11.5 Å². The molecule has 1 aliphatic carbocycles. The highest BCUT2D eigenvalue weighted by atomic mass is 35.5. The number of rotatable bonds is 7. The van der Waals surface area contributed by atoms with Crippen LogP contribution in [0.4, 0.5) is 4.79 Å². The predicted octanol–water partition coefficient (Wildman–Crippen LogP) is 7.79. The number of ether oxygens (including phenoxy) is 2. The number of aromatic nitrogens is 3. The molecule has 1 aromatic heterocycles. The zero-order valence-corrected chi connectivity index (χ0v) is 24.0. The van der Waals surface area contributed by atoms with E-state index in [0.29, 0.717) is 30.5 Å². The first-order valence-electron chi connectivity index (χ1n) is 13.9. The van der Waals surface area contributed by atoms with Crippen molar-refractivity contribution in [1.82, 2.24) is 19.9 Å². The third-order valence-corrected chi connectivity index (χ3v) is 8.10. The van der Waals surface area contributed by atoms with Crippen LogP contribution in [0.15, 0.2) is 84.7 Å². The van der Waals surface area contributed by atoms with Crippen molar-refractivity contribution in [3.63, 3.8) is 0 Å². The summed E-state index contributed by atoms with van der Waals surface area (Å²) in [6.07, 6.45) is 7.34. The quantitative estimate of drug-likeness (QED) is 0.206. The van der Waals surface area contributed by atoms with Crippen LogP contribution in [0.5, 0.6) is 11.5 Å². The number of nitrogens with zero attached hydrogens (tertiary/aromatic N) is 4. The molecule has 1 amide bonds. The van der Waals surface area contributed by atoms with Crippen LogP contribution in [0.2, 0.25) is 10.0 Å². The number of benzene rings is 3. The Hall–Kier alpha value is -3.81. The Morgan fingerprint density at radius 2 is 1.61 bits per heavy atom. The van der Waals surface area contributed by atoms with Gasteiger partial charge in [-0.25, -0.2) is 4.79 Å². The summed E-state index contributed by atoms with van der Waals surface area (Å²) in [6.45, 7) is 1.78. The summed E-state index contributed by atoms with van der Waals surface area (Å²) in [5.74, 6) is 1.24. The summed E-state index contributed by atoms with van der Waals surface area (Å²) in [5.41, 5.74) is 6.05. The zero-order valence-electron chi connectivity index (χ0n) is 22.5. The van der Waals surface area contributed by atoms with Gasteiger partial charge in [-0.2, -0.15) is 15.0 Å². The molecule has 9 heteroatoms. The molecule has 2 aliphatic rings. The number of hydrogen-bond acceptors (Lipinski definition) is 5. The molecule has 1 atom stereocenters. The largest absolute Gasteiger partial charge is 0.494 e. The van der Waals surface area contributed by atoms with Gasteiger partial charge in [-0.05, 0) is 102 Å². The van der Waals surface area contributed by atoms with Crippen molar-refractivity contribution in [1.29, 1.82) is 0 Å². The maximum Gasteiger partial charge on any atom is 0.416 e. The van der Waals surface area contributed by atoms with Gasteiger partial charge < -0.3 is 9.47 Å². The molecule has 0 bridgehead atoms. The molecule has 4 aromatic rings. The van der Waals surface area contributed by atoms with Crippen LogP contribution in [0, 0.1) is 0 Å². The van der Waals surface area contributed by atoms with E-state index in [1.807, 2.05) is 23.1 Å². The average Bonchev–Trinajstić information content (AvgIpc) is 3.44. The van der Waals surface area contributed by atoms with E-state index in [4.69, 9.17) is 32.7 Å². The standard InChI is InChI=1S/C32H30Cl2N4O3/c33-24-9-13-27(14-10-24)41-32(39)37-19-15-28-29(4-1-3-22-5-8-25(34)21-30(22)28)31(37)23-6-11-26(12-7-23)40-20-2-18-38-35-16-17-36-38/h5-14,16-17,21,31H,1-4,15,18-20H2/t31-/m1/s1. The number of carbonyl (C=O) groups excluding carboxylic acids is 1. The molecule has 210 valence electrons. The Morgan fingerprint density at radius 3 is 2.39 bits per heavy atom. The Balaban J connectivity index is 1.28. The van der Waals surface area contributed by atoms with Crippen LogP contribution in [0.1, 0.15) is 48.4 Å². The maximum atomic E-state index is 13.6. The summed E-state index contributed by atoms with van der Waals surface area (Å²) in [6, 6.07) is 20.8. The predicted molar refractivity (Wildman–Crippen MR) is 159 cm³/mol. The highest BCUT2D eigenvalue weighted by Crippen LogP contribution is 2.45. The number of aryl methyl sites for hydroxylation is 2. The highest BCUT2D eigenvalue weighted by Gasteiger charge is 2.36. The van der Waals surface area contributed by atoms with Crippen LogP contribution in [-0.2, 0) is 13.0 Å². The Bertz CT molecular complexity index is 1540. The van der Waals surface area contributed by atoms with E-state index >= 15 is 0 Å². The van der Waals surface area contributed by atoms with E-state index < -0.39 is 0 Å². The molecule has 0 radical (unpaired) electrons. The number of amides is 1. The summed E-state index contributed by atoms with van der Waals surface area (Å²) in [7, 11) is 0. The molecule has 0 saturated heterocycles. The second-order valence-electron chi connectivity index (χ2n) is 10.2. The Labute approximate surface area is 249 Å². The molecule has 3 aromatic carbocycles. The van der Waals surface area contributed by atoms with Crippen LogP contribution >= 0.6 is 23.2 Å². The minimum absolute atomic E-state index is 0.261. The lowest BCUT2D eigenvalue weighted by Crippen LogP contribution is -2.41. The SMILES string of the molecule is O=C(Oc1ccc(Cl)cc1)N1CCC2=C(CCCc3ccc(Cl)cc32)[C@H]1c1ccc(OCCCn2nccn2)cc1.